The van der Waals surface area contributed by atoms with Gasteiger partial charge in [-0.3, -0.25) is 14.5 Å². The van der Waals surface area contributed by atoms with E-state index >= 15 is 0 Å². The third-order valence-electron chi connectivity index (χ3n) is 7.14. The van der Waals surface area contributed by atoms with E-state index in [0.717, 1.165) is 37.5 Å². The number of rotatable bonds is 6. The highest BCUT2D eigenvalue weighted by Crippen LogP contribution is 2.21. The molecule has 4 heterocycles. The summed E-state index contributed by atoms with van der Waals surface area (Å²) in [5, 5.41) is 0. The van der Waals surface area contributed by atoms with Gasteiger partial charge in [0, 0.05) is 57.2 Å². The molecule has 2 aliphatic heterocycles. The highest BCUT2D eigenvalue weighted by atomic mass is 16.5. The van der Waals surface area contributed by atoms with Gasteiger partial charge in [-0.1, -0.05) is 19.9 Å². The van der Waals surface area contributed by atoms with Gasteiger partial charge in [0.05, 0.1) is 12.2 Å². The van der Waals surface area contributed by atoms with E-state index in [1.165, 1.54) is 6.42 Å². The standard InChI is InChI=1S/C28H35N5O3/c1-21-15-22(2)17-33(16-21)27(34)19-30-11-13-31(14-12-30)28(35)23-6-8-25(9-7-23)36-20-24-18-32-10-4-3-5-26(32)29-24/h3-10,18,21-22H,11-17,19-20H2,1-2H3/t21-,22-/m0/s1. The summed E-state index contributed by atoms with van der Waals surface area (Å²) in [7, 11) is 0. The molecule has 2 aromatic heterocycles. The summed E-state index contributed by atoms with van der Waals surface area (Å²) >= 11 is 0. The summed E-state index contributed by atoms with van der Waals surface area (Å²) in [4.78, 5) is 36.4. The first-order valence-electron chi connectivity index (χ1n) is 12.9. The van der Waals surface area contributed by atoms with Crippen LogP contribution in [-0.2, 0) is 11.4 Å². The van der Waals surface area contributed by atoms with Gasteiger partial charge in [0.1, 0.15) is 18.0 Å². The quantitative estimate of drug-likeness (QED) is 0.532. The Balaban J connectivity index is 1.09. The fourth-order valence-electron chi connectivity index (χ4n) is 5.36. The summed E-state index contributed by atoms with van der Waals surface area (Å²) in [5.41, 5.74) is 2.38. The molecule has 0 spiro atoms. The zero-order chi connectivity index (χ0) is 25.1. The zero-order valence-electron chi connectivity index (χ0n) is 21.2. The molecule has 0 aliphatic carbocycles. The number of hydrogen-bond acceptors (Lipinski definition) is 5. The number of likely N-dealkylation sites (tertiary alicyclic amines) is 1. The van der Waals surface area contributed by atoms with Crippen molar-refractivity contribution in [2.24, 2.45) is 11.8 Å². The number of piperidine rings is 1. The van der Waals surface area contributed by atoms with Crippen molar-refractivity contribution in [1.82, 2.24) is 24.1 Å². The number of carbonyl (C=O) groups excluding carboxylic acids is 2. The van der Waals surface area contributed by atoms with Crippen molar-refractivity contribution < 1.29 is 14.3 Å². The van der Waals surface area contributed by atoms with Crippen molar-refractivity contribution in [2.45, 2.75) is 26.9 Å². The van der Waals surface area contributed by atoms with Crippen LogP contribution < -0.4 is 4.74 Å². The van der Waals surface area contributed by atoms with Crippen LogP contribution in [0.3, 0.4) is 0 Å². The fourth-order valence-corrected chi connectivity index (χ4v) is 5.36. The van der Waals surface area contributed by atoms with E-state index in [1.807, 2.05) is 69.1 Å². The van der Waals surface area contributed by atoms with Gasteiger partial charge in [-0.15, -0.1) is 0 Å². The molecular weight excluding hydrogens is 454 g/mol. The average molecular weight is 490 g/mol. The molecule has 2 aliphatic rings. The molecule has 2 atom stereocenters. The minimum atomic E-state index is 0.0200. The first-order chi connectivity index (χ1) is 17.4. The van der Waals surface area contributed by atoms with Crippen LogP contribution >= 0.6 is 0 Å². The third kappa shape index (κ3) is 5.70. The number of benzene rings is 1. The second kappa shape index (κ2) is 10.7. The molecule has 0 saturated carbocycles. The zero-order valence-corrected chi connectivity index (χ0v) is 21.2. The van der Waals surface area contributed by atoms with E-state index in [4.69, 9.17) is 4.74 Å². The van der Waals surface area contributed by atoms with Gasteiger partial charge in [-0.05, 0) is 54.7 Å². The van der Waals surface area contributed by atoms with Crippen LogP contribution in [0.4, 0.5) is 0 Å². The van der Waals surface area contributed by atoms with Gasteiger partial charge in [0.25, 0.3) is 5.91 Å². The molecule has 0 radical (unpaired) electrons. The topological polar surface area (TPSA) is 70.4 Å². The van der Waals surface area contributed by atoms with E-state index in [-0.39, 0.29) is 11.8 Å². The maximum atomic E-state index is 13.0. The summed E-state index contributed by atoms with van der Waals surface area (Å²) < 4.78 is 7.84. The molecule has 36 heavy (non-hydrogen) atoms. The lowest BCUT2D eigenvalue weighted by molar-refractivity contribution is -0.135. The molecule has 0 bridgehead atoms. The lowest BCUT2D eigenvalue weighted by atomic mass is 9.92. The molecule has 5 rings (SSSR count). The monoisotopic (exact) mass is 489 g/mol. The molecule has 3 aromatic rings. The number of ether oxygens (including phenoxy) is 1. The molecule has 1 aromatic carbocycles. The second-order valence-corrected chi connectivity index (χ2v) is 10.3. The number of hydrogen-bond donors (Lipinski definition) is 0. The Bertz CT molecular complexity index is 1160. The fraction of sp³-hybridized carbons (Fsp3) is 0.464. The van der Waals surface area contributed by atoms with Crippen LogP contribution in [-0.4, -0.2) is 81.7 Å². The molecule has 8 nitrogen and oxygen atoms in total. The smallest absolute Gasteiger partial charge is 0.253 e. The van der Waals surface area contributed by atoms with Crippen molar-refractivity contribution in [3.63, 3.8) is 0 Å². The summed E-state index contributed by atoms with van der Waals surface area (Å²) in [5.74, 6) is 2.07. The van der Waals surface area contributed by atoms with E-state index in [1.54, 1.807) is 0 Å². The van der Waals surface area contributed by atoms with E-state index in [0.29, 0.717) is 49.4 Å². The average Bonchev–Trinajstić information content (AvgIpc) is 3.30. The molecule has 190 valence electrons. The predicted molar refractivity (Wildman–Crippen MR) is 138 cm³/mol. The van der Waals surface area contributed by atoms with Crippen LogP contribution in [0.25, 0.3) is 5.65 Å². The Morgan fingerprint density at radius 3 is 2.36 bits per heavy atom. The Labute approximate surface area is 212 Å². The SMILES string of the molecule is C[C@H]1C[C@H](C)CN(C(=O)CN2CCN(C(=O)c3ccc(OCc4cn5ccccc5n4)cc3)CC2)C1. The van der Waals surface area contributed by atoms with E-state index in [9.17, 15) is 9.59 Å². The van der Waals surface area contributed by atoms with Gasteiger partial charge in [0.2, 0.25) is 5.91 Å². The number of piperazine rings is 1. The molecule has 2 fully saturated rings. The summed E-state index contributed by atoms with van der Waals surface area (Å²) in [6, 6.07) is 13.2. The number of carbonyl (C=O) groups is 2. The maximum Gasteiger partial charge on any atom is 0.253 e. The number of nitrogens with zero attached hydrogens (tertiary/aromatic N) is 5. The van der Waals surface area contributed by atoms with Crippen molar-refractivity contribution in [2.75, 3.05) is 45.8 Å². The lowest BCUT2D eigenvalue weighted by Crippen LogP contribution is -2.53. The summed E-state index contributed by atoms with van der Waals surface area (Å²) in [6.45, 7) is 9.68. The Kier molecular flexibility index (Phi) is 7.23. The highest BCUT2D eigenvalue weighted by Gasteiger charge is 2.28. The molecule has 8 heteroatoms. The van der Waals surface area contributed by atoms with Crippen molar-refractivity contribution in [3.05, 3.63) is 66.1 Å². The molecule has 0 N–H and O–H groups in total. The van der Waals surface area contributed by atoms with E-state index < -0.39 is 0 Å². The number of amides is 2. The number of aromatic nitrogens is 2. The maximum absolute atomic E-state index is 13.0. The van der Waals surface area contributed by atoms with Gasteiger partial charge in [-0.25, -0.2) is 4.98 Å². The lowest BCUT2D eigenvalue weighted by Gasteiger charge is -2.38. The first-order valence-corrected chi connectivity index (χ1v) is 12.9. The Morgan fingerprint density at radius 2 is 1.67 bits per heavy atom. The Hall–Kier alpha value is -3.39. The molecule has 2 saturated heterocycles. The molecular formula is C28H35N5O3. The molecule has 0 unspecified atom stereocenters. The minimum Gasteiger partial charge on any atom is -0.487 e. The third-order valence-corrected chi connectivity index (χ3v) is 7.14. The normalized spacial score (nSPS) is 21.1. The van der Waals surface area contributed by atoms with Gasteiger partial charge in [-0.2, -0.15) is 0 Å². The molecule has 2 amide bonds. The van der Waals surface area contributed by atoms with Crippen LogP contribution in [0.5, 0.6) is 5.75 Å². The number of fused-ring (bicyclic) bond motifs is 1. The highest BCUT2D eigenvalue weighted by molar-refractivity contribution is 5.94. The van der Waals surface area contributed by atoms with Gasteiger partial charge >= 0.3 is 0 Å². The van der Waals surface area contributed by atoms with Crippen LogP contribution in [0.15, 0.2) is 54.9 Å². The van der Waals surface area contributed by atoms with Gasteiger partial charge < -0.3 is 18.9 Å². The number of imidazole rings is 1. The Morgan fingerprint density at radius 1 is 0.944 bits per heavy atom. The van der Waals surface area contributed by atoms with Crippen LogP contribution in [0.2, 0.25) is 0 Å². The van der Waals surface area contributed by atoms with Crippen molar-refractivity contribution in [3.8, 4) is 5.75 Å². The van der Waals surface area contributed by atoms with Crippen molar-refractivity contribution >= 4 is 17.5 Å². The summed E-state index contributed by atoms with van der Waals surface area (Å²) in [6.07, 6.45) is 5.10. The van der Waals surface area contributed by atoms with Crippen LogP contribution in [0.1, 0.15) is 36.3 Å². The van der Waals surface area contributed by atoms with Crippen molar-refractivity contribution in [1.29, 1.82) is 0 Å². The largest absolute Gasteiger partial charge is 0.487 e. The predicted octanol–water partition coefficient (Wildman–Crippen LogP) is 3.18. The van der Waals surface area contributed by atoms with E-state index in [2.05, 4.69) is 23.7 Å². The first kappa shape index (κ1) is 24.3. The van der Waals surface area contributed by atoms with Gasteiger partial charge in [0.15, 0.2) is 0 Å². The minimum absolute atomic E-state index is 0.0200. The number of pyridine rings is 1. The van der Waals surface area contributed by atoms with Crippen LogP contribution in [0, 0.1) is 11.8 Å². The second-order valence-electron chi connectivity index (χ2n) is 10.3.